The predicted molar refractivity (Wildman–Crippen MR) is 107 cm³/mol. The minimum Gasteiger partial charge on any atom is -0.395 e. The number of carbonyl (C=O) groups is 1. The largest absolute Gasteiger partial charge is 0.433 e. The van der Waals surface area contributed by atoms with Gasteiger partial charge in [-0.2, -0.15) is 4.31 Å². The van der Waals surface area contributed by atoms with Gasteiger partial charge in [-0.3, -0.25) is 14.9 Å². The average Bonchev–Trinajstić information content (AvgIpc) is 3.19. The van der Waals surface area contributed by atoms with Crippen molar-refractivity contribution in [2.45, 2.75) is 0 Å². The van der Waals surface area contributed by atoms with E-state index in [1.807, 2.05) is 12.1 Å². The highest BCUT2D eigenvalue weighted by molar-refractivity contribution is 7.89. The first-order valence-electron chi connectivity index (χ1n) is 8.77. The molecular formula is C17H19ClN4O6S. The zero-order chi connectivity index (χ0) is 21.0. The summed E-state index contributed by atoms with van der Waals surface area (Å²) in [6.07, 6.45) is 0. The van der Waals surface area contributed by atoms with E-state index in [1.54, 1.807) is 12.1 Å². The van der Waals surface area contributed by atoms with Gasteiger partial charge >= 0.3 is 5.88 Å². The molecule has 1 amide bonds. The van der Waals surface area contributed by atoms with E-state index in [1.165, 1.54) is 4.31 Å². The maximum atomic E-state index is 12.5. The first kappa shape index (κ1) is 21.1. The lowest BCUT2D eigenvalue weighted by Crippen LogP contribution is -2.50. The van der Waals surface area contributed by atoms with Crippen molar-refractivity contribution in [3.63, 3.8) is 0 Å². The number of rotatable bonds is 7. The van der Waals surface area contributed by atoms with Crippen LogP contribution in [-0.2, 0) is 10.0 Å². The van der Waals surface area contributed by atoms with E-state index < -0.39 is 26.7 Å². The van der Waals surface area contributed by atoms with E-state index >= 15 is 0 Å². The quantitative estimate of drug-likeness (QED) is 0.511. The number of anilines is 1. The van der Waals surface area contributed by atoms with Gasteiger partial charge in [0.05, 0.1) is 11.8 Å². The predicted octanol–water partition coefficient (Wildman–Crippen LogP) is 1.72. The van der Waals surface area contributed by atoms with Gasteiger partial charge in [0.15, 0.2) is 5.76 Å². The minimum absolute atomic E-state index is 0.132. The summed E-state index contributed by atoms with van der Waals surface area (Å²) < 4.78 is 31.2. The summed E-state index contributed by atoms with van der Waals surface area (Å²) in [6, 6.07) is 9.58. The second-order valence-electron chi connectivity index (χ2n) is 6.33. The Morgan fingerprint density at radius 3 is 2.38 bits per heavy atom. The molecule has 0 bridgehead atoms. The van der Waals surface area contributed by atoms with E-state index in [-0.39, 0.29) is 18.1 Å². The third-order valence-corrected chi connectivity index (χ3v) is 6.59. The fourth-order valence-electron chi connectivity index (χ4n) is 2.93. The van der Waals surface area contributed by atoms with Crippen LogP contribution < -0.4 is 10.2 Å². The lowest BCUT2D eigenvalue weighted by Gasteiger charge is -2.35. The van der Waals surface area contributed by atoms with Crippen LogP contribution in [-0.4, -0.2) is 62.0 Å². The van der Waals surface area contributed by atoms with Gasteiger partial charge in [-0.25, -0.2) is 8.42 Å². The van der Waals surface area contributed by atoms with Gasteiger partial charge in [-0.1, -0.05) is 11.6 Å². The number of piperazine rings is 1. The van der Waals surface area contributed by atoms with Crippen LogP contribution in [0.4, 0.5) is 11.6 Å². The molecule has 156 valence electrons. The number of sulfonamides is 1. The van der Waals surface area contributed by atoms with Crippen molar-refractivity contribution in [3.05, 3.63) is 57.3 Å². The first-order chi connectivity index (χ1) is 13.8. The zero-order valence-corrected chi connectivity index (χ0v) is 16.9. The molecule has 1 N–H and O–H groups in total. The molecule has 0 spiro atoms. The van der Waals surface area contributed by atoms with Gasteiger partial charge in [0.25, 0.3) is 5.91 Å². The van der Waals surface area contributed by atoms with Gasteiger partial charge < -0.3 is 14.6 Å². The van der Waals surface area contributed by atoms with Crippen LogP contribution in [0.2, 0.25) is 5.02 Å². The third-order valence-electron chi connectivity index (χ3n) is 4.46. The van der Waals surface area contributed by atoms with Crippen molar-refractivity contribution in [2.75, 3.05) is 43.4 Å². The molecule has 2 heterocycles. The number of nitrogens with one attached hydrogen (secondary N) is 1. The summed E-state index contributed by atoms with van der Waals surface area (Å²) in [5.41, 5.74) is 0.978. The number of furan rings is 1. The molecule has 0 saturated carbocycles. The molecule has 1 saturated heterocycles. The number of hydrogen-bond donors (Lipinski definition) is 1. The Labute approximate surface area is 172 Å². The lowest BCUT2D eigenvalue weighted by molar-refractivity contribution is -0.402. The number of nitrogens with zero attached hydrogens (tertiary/aromatic N) is 3. The summed E-state index contributed by atoms with van der Waals surface area (Å²) in [7, 11) is -3.55. The Balaban J connectivity index is 1.48. The molecule has 29 heavy (non-hydrogen) atoms. The number of hydrogen-bond acceptors (Lipinski definition) is 7. The van der Waals surface area contributed by atoms with Gasteiger partial charge in [0, 0.05) is 43.4 Å². The maximum absolute atomic E-state index is 12.5. The molecule has 0 atom stereocenters. The number of halogens is 1. The number of amides is 1. The molecule has 10 nitrogen and oxygen atoms in total. The second kappa shape index (κ2) is 8.80. The summed E-state index contributed by atoms with van der Waals surface area (Å²) >= 11 is 5.89. The monoisotopic (exact) mass is 442 g/mol. The van der Waals surface area contributed by atoms with Crippen LogP contribution in [0.5, 0.6) is 0 Å². The highest BCUT2D eigenvalue weighted by Crippen LogP contribution is 2.20. The summed E-state index contributed by atoms with van der Waals surface area (Å²) in [4.78, 5) is 23.8. The van der Waals surface area contributed by atoms with E-state index in [4.69, 9.17) is 16.0 Å². The SMILES string of the molecule is O=C(NCCS(=O)(=O)N1CCN(c2ccc(Cl)cc2)CC1)c1ccc([N+](=O)[O-])o1. The van der Waals surface area contributed by atoms with Crippen molar-refractivity contribution in [2.24, 2.45) is 0 Å². The van der Waals surface area contributed by atoms with Crippen molar-refractivity contribution in [1.82, 2.24) is 9.62 Å². The molecule has 3 rings (SSSR count). The zero-order valence-electron chi connectivity index (χ0n) is 15.3. The highest BCUT2D eigenvalue weighted by Gasteiger charge is 2.27. The topological polar surface area (TPSA) is 126 Å². The summed E-state index contributed by atoms with van der Waals surface area (Å²) in [6.45, 7) is 1.63. The van der Waals surface area contributed by atoms with Crippen LogP contribution in [0.25, 0.3) is 0 Å². The Morgan fingerprint density at radius 2 is 1.79 bits per heavy atom. The number of benzene rings is 1. The smallest absolute Gasteiger partial charge is 0.395 e. The molecular weight excluding hydrogens is 424 g/mol. The van der Waals surface area contributed by atoms with Gasteiger partial charge in [-0.05, 0) is 30.3 Å². The van der Waals surface area contributed by atoms with Crippen molar-refractivity contribution < 1.29 is 22.6 Å². The molecule has 1 fully saturated rings. The van der Waals surface area contributed by atoms with E-state index in [0.717, 1.165) is 17.8 Å². The Bertz CT molecular complexity index is 984. The molecule has 12 heteroatoms. The van der Waals surface area contributed by atoms with Crippen LogP contribution in [0.1, 0.15) is 10.6 Å². The average molecular weight is 443 g/mol. The normalized spacial score (nSPS) is 15.3. The van der Waals surface area contributed by atoms with E-state index in [0.29, 0.717) is 31.2 Å². The van der Waals surface area contributed by atoms with E-state index in [9.17, 15) is 23.3 Å². The number of nitro groups is 1. The van der Waals surface area contributed by atoms with Crippen LogP contribution >= 0.6 is 11.6 Å². The minimum atomic E-state index is -3.55. The summed E-state index contributed by atoms with van der Waals surface area (Å²) in [5, 5.41) is 13.6. The Hall–Kier alpha value is -2.63. The maximum Gasteiger partial charge on any atom is 0.433 e. The van der Waals surface area contributed by atoms with Gasteiger partial charge in [0.2, 0.25) is 10.0 Å². The highest BCUT2D eigenvalue weighted by atomic mass is 35.5. The van der Waals surface area contributed by atoms with Gasteiger partial charge in [0.1, 0.15) is 4.92 Å². The Morgan fingerprint density at radius 1 is 1.14 bits per heavy atom. The number of carbonyl (C=O) groups excluding carboxylic acids is 1. The molecule has 0 aliphatic carbocycles. The summed E-state index contributed by atoms with van der Waals surface area (Å²) in [5.74, 6) is -1.78. The van der Waals surface area contributed by atoms with Crippen LogP contribution in [0.3, 0.4) is 0 Å². The molecule has 1 aromatic heterocycles. The molecule has 1 aromatic carbocycles. The van der Waals surface area contributed by atoms with Gasteiger partial charge in [-0.15, -0.1) is 0 Å². The Kier molecular flexibility index (Phi) is 6.40. The second-order valence-corrected chi connectivity index (χ2v) is 8.85. The van der Waals surface area contributed by atoms with Crippen LogP contribution in [0, 0.1) is 10.1 Å². The lowest BCUT2D eigenvalue weighted by atomic mass is 10.2. The van der Waals surface area contributed by atoms with Crippen molar-refractivity contribution in [1.29, 1.82) is 0 Å². The van der Waals surface area contributed by atoms with Crippen molar-refractivity contribution in [3.8, 4) is 0 Å². The van der Waals surface area contributed by atoms with E-state index in [2.05, 4.69) is 10.2 Å². The molecule has 0 radical (unpaired) electrons. The first-order valence-corrected chi connectivity index (χ1v) is 10.8. The third kappa shape index (κ3) is 5.25. The molecule has 0 unspecified atom stereocenters. The fraction of sp³-hybridized carbons (Fsp3) is 0.353. The standard InChI is InChI=1S/C17H19ClN4O6S/c18-13-1-3-14(4-2-13)20-8-10-21(11-9-20)29(26,27)12-7-19-17(23)15-5-6-16(28-15)22(24)25/h1-6H,7-12H2,(H,19,23). The van der Waals surface area contributed by atoms with Crippen molar-refractivity contribution >= 4 is 39.1 Å². The molecule has 2 aromatic rings. The van der Waals surface area contributed by atoms with Crippen LogP contribution in [0.15, 0.2) is 40.8 Å². The molecule has 1 aliphatic heterocycles. The fourth-order valence-corrected chi connectivity index (χ4v) is 4.40. The molecule has 1 aliphatic rings.